The van der Waals surface area contributed by atoms with E-state index in [9.17, 15) is 5.11 Å². The molecule has 0 aliphatic heterocycles. The van der Waals surface area contributed by atoms with E-state index in [0.29, 0.717) is 6.61 Å². The fourth-order valence-electron chi connectivity index (χ4n) is 2.70. The number of hydrogen-bond acceptors (Lipinski definition) is 2. The number of rotatable bonds is 6. The SMILES string of the molecule is CC(O)COc1ccccc1CCc1cccc2[nH]ccc12. The van der Waals surface area contributed by atoms with Crippen molar-refractivity contribution in [3.05, 3.63) is 65.9 Å². The zero-order valence-corrected chi connectivity index (χ0v) is 12.8. The Kier molecular flexibility index (Phi) is 4.45. The highest BCUT2D eigenvalue weighted by Gasteiger charge is 2.07. The van der Waals surface area contributed by atoms with Gasteiger partial charge in [0.2, 0.25) is 0 Å². The van der Waals surface area contributed by atoms with E-state index in [1.165, 1.54) is 22.0 Å². The molecule has 3 aromatic rings. The van der Waals surface area contributed by atoms with Crippen LogP contribution in [0.4, 0.5) is 0 Å². The minimum atomic E-state index is -0.457. The summed E-state index contributed by atoms with van der Waals surface area (Å²) >= 11 is 0. The Bertz CT molecular complexity index is 746. The minimum Gasteiger partial charge on any atom is -0.491 e. The van der Waals surface area contributed by atoms with Crippen molar-refractivity contribution in [2.75, 3.05) is 6.61 Å². The van der Waals surface area contributed by atoms with Crippen LogP contribution in [0.25, 0.3) is 10.9 Å². The fourth-order valence-corrected chi connectivity index (χ4v) is 2.70. The largest absolute Gasteiger partial charge is 0.491 e. The minimum absolute atomic E-state index is 0.324. The van der Waals surface area contributed by atoms with Crippen LogP contribution >= 0.6 is 0 Å². The van der Waals surface area contributed by atoms with E-state index in [1.807, 2.05) is 24.4 Å². The van der Waals surface area contributed by atoms with Gasteiger partial charge in [0.25, 0.3) is 0 Å². The Morgan fingerprint density at radius 1 is 1.00 bits per heavy atom. The van der Waals surface area contributed by atoms with Crippen LogP contribution in [-0.4, -0.2) is 22.8 Å². The first kappa shape index (κ1) is 14.7. The zero-order chi connectivity index (χ0) is 15.4. The lowest BCUT2D eigenvalue weighted by molar-refractivity contribution is 0.122. The molecule has 0 fully saturated rings. The predicted molar refractivity (Wildman–Crippen MR) is 89.3 cm³/mol. The molecule has 0 saturated carbocycles. The van der Waals surface area contributed by atoms with E-state index in [0.717, 1.165) is 18.6 Å². The van der Waals surface area contributed by atoms with Crippen LogP contribution in [0, 0.1) is 0 Å². The highest BCUT2D eigenvalue weighted by atomic mass is 16.5. The molecule has 1 aromatic heterocycles. The maximum Gasteiger partial charge on any atom is 0.122 e. The topological polar surface area (TPSA) is 45.2 Å². The number of aryl methyl sites for hydroxylation is 2. The molecule has 3 nitrogen and oxygen atoms in total. The van der Waals surface area contributed by atoms with Crippen LogP contribution in [0.3, 0.4) is 0 Å². The molecule has 1 unspecified atom stereocenters. The Hall–Kier alpha value is -2.26. The molecule has 0 amide bonds. The number of ether oxygens (including phenoxy) is 1. The van der Waals surface area contributed by atoms with Gasteiger partial charge in [-0.3, -0.25) is 0 Å². The monoisotopic (exact) mass is 295 g/mol. The van der Waals surface area contributed by atoms with Gasteiger partial charge in [-0.25, -0.2) is 0 Å². The molecule has 3 heteroatoms. The molecule has 0 spiro atoms. The molecule has 2 aromatic carbocycles. The van der Waals surface area contributed by atoms with Crippen molar-refractivity contribution in [1.29, 1.82) is 0 Å². The first-order valence-electron chi connectivity index (χ1n) is 7.68. The maximum atomic E-state index is 9.38. The molecule has 3 rings (SSSR count). The molecule has 0 saturated heterocycles. The van der Waals surface area contributed by atoms with Gasteiger partial charge >= 0.3 is 0 Å². The van der Waals surface area contributed by atoms with E-state index in [-0.39, 0.29) is 0 Å². The predicted octanol–water partition coefficient (Wildman–Crippen LogP) is 3.71. The van der Waals surface area contributed by atoms with Crippen LogP contribution in [0.15, 0.2) is 54.7 Å². The molecule has 0 radical (unpaired) electrons. The van der Waals surface area contributed by atoms with E-state index in [2.05, 4.69) is 35.3 Å². The second kappa shape index (κ2) is 6.67. The second-order valence-electron chi connectivity index (χ2n) is 5.62. The highest BCUT2D eigenvalue weighted by Crippen LogP contribution is 2.23. The van der Waals surface area contributed by atoms with E-state index in [1.54, 1.807) is 6.92 Å². The third-order valence-corrected chi connectivity index (χ3v) is 3.80. The molecule has 22 heavy (non-hydrogen) atoms. The third kappa shape index (κ3) is 3.31. The van der Waals surface area contributed by atoms with E-state index >= 15 is 0 Å². The van der Waals surface area contributed by atoms with Crippen molar-refractivity contribution in [1.82, 2.24) is 4.98 Å². The Labute approximate surface area is 130 Å². The molecule has 0 aliphatic carbocycles. The summed E-state index contributed by atoms with van der Waals surface area (Å²) in [7, 11) is 0. The number of aromatic nitrogens is 1. The molecule has 114 valence electrons. The first-order chi connectivity index (χ1) is 10.7. The smallest absolute Gasteiger partial charge is 0.122 e. The summed E-state index contributed by atoms with van der Waals surface area (Å²) < 4.78 is 5.70. The van der Waals surface area contributed by atoms with Gasteiger partial charge in [0.15, 0.2) is 0 Å². The summed E-state index contributed by atoms with van der Waals surface area (Å²) in [5.74, 6) is 0.865. The summed E-state index contributed by atoms with van der Waals surface area (Å²) in [5.41, 5.74) is 3.69. The fraction of sp³-hybridized carbons (Fsp3) is 0.263. The van der Waals surface area contributed by atoms with Crippen LogP contribution in [0.2, 0.25) is 0 Å². The molecule has 2 N–H and O–H groups in total. The van der Waals surface area contributed by atoms with E-state index < -0.39 is 6.10 Å². The Morgan fingerprint density at radius 3 is 2.64 bits per heavy atom. The maximum absolute atomic E-state index is 9.38. The van der Waals surface area contributed by atoms with Gasteiger partial charge in [-0.15, -0.1) is 0 Å². The second-order valence-corrected chi connectivity index (χ2v) is 5.62. The summed E-state index contributed by atoms with van der Waals surface area (Å²) in [6.07, 6.45) is 3.40. The van der Waals surface area contributed by atoms with Crippen LogP contribution < -0.4 is 4.74 Å². The third-order valence-electron chi connectivity index (χ3n) is 3.80. The molecule has 0 aliphatic rings. The number of benzene rings is 2. The number of aromatic amines is 1. The quantitative estimate of drug-likeness (QED) is 0.728. The number of aliphatic hydroxyl groups excluding tert-OH is 1. The average Bonchev–Trinajstić information content (AvgIpc) is 3.00. The molecular formula is C19H21NO2. The van der Waals surface area contributed by atoms with Crippen molar-refractivity contribution in [3.8, 4) is 5.75 Å². The van der Waals surface area contributed by atoms with Gasteiger partial charge in [-0.2, -0.15) is 0 Å². The van der Waals surface area contributed by atoms with Crippen molar-refractivity contribution < 1.29 is 9.84 Å². The van der Waals surface area contributed by atoms with Crippen molar-refractivity contribution in [2.45, 2.75) is 25.9 Å². The van der Waals surface area contributed by atoms with E-state index in [4.69, 9.17) is 4.74 Å². The lowest BCUT2D eigenvalue weighted by atomic mass is 10.0. The van der Waals surface area contributed by atoms with Crippen LogP contribution in [0.1, 0.15) is 18.1 Å². The normalized spacial score (nSPS) is 12.5. The summed E-state index contributed by atoms with van der Waals surface area (Å²) in [6.45, 7) is 2.06. The lowest BCUT2D eigenvalue weighted by Gasteiger charge is -2.13. The molecule has 1 heterocycles. The van der Waals surface area contributed by atoms with Crippen molar-refractivity contribution in [3.63, 3.8) is 0 Å². The number of aliphatic hydroxyl groups is 1. The van der Waals surface area contributed by atoms with Crippen LogP contribution in [0.5, 0.6) is 5.75 Å². The number of H-pyrrole nitrogens is 1. The Morgan fingerprint density at radius 2 is 1.77 bits per heavy atom. The average molecular weight is 295 g/mol. The summed E-state index contributed by atoms with van der Waals surface area (Å²) in [4.78, 5) is 3.25. The number of fused-ring (bicyclic) bond motifs is 1. The molecular weight excluding hydrogens is 274 g/mol. The number of nitrogens with one attached hydrogen (secondary N) is 1. The number of para-hydroxylation sites is 1. The molecule has 1 atom stereocenters. The summed E-state index contributed by atoms with van der Waals surface area (Å²) in [6, 6.07) is 16.5. The summed E-state index contributed by atoms with van der Waals surface area (Å²) in [5, 5.41) is 10.7. The van der Waals surface area contributed by atoms with Crippen molar-refractivity contribution in [2.24, 2.45) is 0 Å². The van der Waals surface area contributed by atoms with Gasteiger partial charge in [0.1, 0.15) is 12.4 Å². The number of hydrogen-bond donors (Lipinski definition) is 2. The molecule has 0 bridgehead atoms. The zero-order valence-electron chi connectivity index (χ0n) is 12.8. The van der Waals surface area contributed by atoms with Crippen molar-refractivity contribution >= 4 is 10.9 Å². The standard InChI is InChI=1S/C19H21NO2/c1-14(21)13-22-19-8-3-2-5-16(19)10-9-15-6-4-7-18-17(15)11-12-20-18/h2-8,11-12,14,20-21H,9-10,13H2,1H3. The Balaban J connectivity index is 1.75. The first-order valence-corrected chi connectivity index (χ1v) is 7.68. The lowest BCUT2D eigenvalue weighted by Crippen LogP contribution is -2.13. The van der Waals surface area contributed by atoms with Gasteiger partial charge in [-0.1, -0.05) is 30.3 Å². The van der Waals surface area contributed by atoms with Gasteiger partial charge in [0.05, 0.1) is 6.10 Å². The highest BCUT2D eigenvalue weighted by molar-refractivity contribution is 5.82. The van der Waals surface area contributed by atoms with Gasteiger partial charge < -0.3 is 14.8 Å². The van der Waals surface area contributed by atoms with Gasteiger partial charge in [-0.05, 0) is 49.1 Å². The van der Waals surface area contributed by atoms with Gasteiger partial charge in [0, 0.05) is 17.1 Å². The van der Waals surface area contributed by atoms with Crippen LogP contribution in [-0.2, 0) is 12.8 Å².